The minimum absolute atomic E-state index is 0.319. The van der Waals surface area contributed by atoms with Crippen LogP contribution in [-0.2, 0) is 14.3 Å². The molecule has 0 aliphatic heterocycles. The molecule has 0 N–H and O–H groups in total. The summed E-state index contributed by atoms with van der Waals surface area (Å²) in [6.45, 7) is 4.50. The van der Waals surface area contributed by atoms with Gasteiger partial charge < -0.3 is 23.9 Å². The van der Waals surface area contributed by atoms with Crippen LogP contribution in [0.15, 0.2) is 0 Å². The van der Waals surface area contributed by atoms with Crippen LogP contribution in [0.2, 0.25) is 0 Å². The van der Waals surface area contributed by atoms with Crippen LogP contribution in [-0.4, -0.2) is 65.1 Å². The van der Waals surface area contributed by atoms with E-state index in [9.17, 15) is 9.90 Å². The summed E-state index contributed by atoms with van der Waals surface area (Å²) in [4.78, 5) is 9.36. The van der Waals surface area contributed by atoms with Crippen LogP contribution in [0.1, 0.15) is 6.92 Å². The van der Waals surface area contributed by atoms with Gasteiger partial charge >= 0.3 is 0 Å². The van der Waals surface area contributed by atoms with Crippen molar-refractivity contribution in [3.05, 3.63) is 0 Å². The first-order chi connectivity index (χ1) is 6.83. The molecule has 0 saturated carbocycles. The average Bonchev–Trinajstić information content (AvgIpc) is 2.03. The van der Waals surface area contributed by atoms with Crippen molar-refractivity contribution < 1.29 is 23.9 Å². The molecule has 92 valence electrons. The molecule has 0 atom stereocenters. The number of quaternary nitrogens is 1. The van der Waals surface area contributed by atoms with E-state index in [2.05, 4.69) is 25.9 Å². The minimum Gasteiger partial charge on any atom is -0.548 e. The quantitative estimate of drug-likeness (QED) is 0.431. The molecule has 0 saturated heterocycles. The molecule has 0 bridgehead atoms. The van der Waals surface area contributed by atoms with E-state index < -0.39 is 5.97 Å². The van der Waals surface area contributed by atoms with Crippen molar-refractivity contribution in [2.75, 3.05) is 54.6 Å². The second kappa shape index (κ2) is 9.89. The molecule has 0 aromatic rings. The van der Waals surface area contributed by atoms with Crippen LogP contribution < -0.4 is 5.11 Å². The fraction of sp³-hybridized carbons (Fsp3) is 0.900. The molecule has 0 amide bonds. The second-order valence-corrected chi connectivity index (χ2v) is 4.02. The highest BCUT2D eigenvalue weighted by molar-refractivity contribution is 5.65. The fourth-order valence-electron chi connectivity index (χ4n) is 0.601. The molecule has 0 rings (SSSR count). The molecule has 0 aromatic heterocycles. The Morgan fingerprint density at radius 2 is 1.87 bits per heavy atom. The third kappa shape index (κ3) is 24.7. The average molecular weight is 221 g/mol. The zero-order valence-corrected chi connectivity index (χ0v) is 10.4. The van der Waals surface area contributed by atoms with Gasteiger partial charge in [-0.05, 0) is 6.92 Å². The van der Waals surface area contributed by atoms with Crippen molar-refractivity contribution in [2.24, 2.45) is 0 Å². The van der Waals surface area contributed by atoms with Crippen LogP contribution in [0.4, 0.5) is 0 Å². The van der Waals surface area contributed by atoms with E-state index in [0.717, 1.165) is 24.2 Å². The number of rotatable bonds is 6. The summed E-state index contributed by atoms with van der Waals surface area (Å²) in [5.41, 5.74) is 0. The van der Waals surface area contributed by atoms with Crippen LogP contribution in [0, 0.1) is 0 Å². The van der Waals surface area contributed by atoms with Crippen molar-refractivity contribution in [1.29, 1.82) is 0 Å². The Hall–Kier alpha value is -0.650. The van der Waals surface area contributed by atoms with E-state index in [1.165, 1.54) is 7.11 Å². The summed E-state index contributed by atoms with van der Waals surface area (Å²) in [6, 6.07) is 0. The van der Waals surface area contributed by atoms with E-state index in [1.807, 2.05) is 6.92 Å². The molecule has 0 aromatic carbocycles. The molecular weight excluding hydrogens is 198 g/mol. The maximum absolute atomic E-state index is 9.36. The van der Waals surface area contributed by atoms with Crippen molar-refractivity contribution in [2.45, 2.75) is 6.92 Å². The Labute approximate surface area is 92.2 Å². The van der Waals surface area contributed by atoms with Gasteiger partial charge in [0.25, 0.3) is 0 Å². The summed E-state index contributed by atoms with van der Waals surface area (Å²) >= 11 is 0. The number of nitrogens with zero attached hydrogens (tertiary/aromatic N) is 1. The molecule has 0 spiro atoms. The van der Waals surface area contributed by atoms with Crippen LogP contribution in [0.3, 0.4) is 0 Å². The lowest BCUT2D eigenvalue weighted by Gasteiger charge is -2.23. The van der Waals surface area contributed by atoms with Crippen molar-refractivity contribution in [1.82, 2.24) is 0 Å². The number of aliphatic carboxylic acids is 1. The van der Waals surface area contributed by atoms with Crippen molar-refractivity contribution in [3.8, 4) is 0 Å². The van der Waals surface area contributed by atoms with Gasteiger partial charge in [-0.2, -0.15) is 0 Å². The van der Waals surface area contributed by atoms with Gasteiger partial charge in [0.1, 0.15) is 6.54 Å². The topological polar surface area (TPSA) is 58.6 Å². The Morgan fingerprint density at radius 3 is 2.07 bits per heavy atom. The van der Waals surface area contributed by atoms with Crippen LogP contribution >= 0.6 is 0 Å². The number of hydrogen-bond donors (Lipinski definition) is 0. The monoisotopic (exact) mass is 221 g/mol. The molecule has 0 heterocycles. The van der Waals surface area contributed by atoms with Gasteiger partial charge in [0.2, 0.25) is 0 Å². The van der Waals surface area contributed by atoms with E-state index in [-0.39, 0.29) is 6.61 Å². The summed E-state index contributed by atoms with van der Waals surface area (Å²) in [7, 11) is 7.80. The fourth-order valence-corrected chi connectivity index (χ4v) is 0.601. The first-order valence-electron chi connectivity index (χ1n) is 4.90. The molecule has 0 radical (unpaired) electrons. The molecule has 5 heteroatoms. The normalized spacial score (nSPS) is 10.5. The molecule has 15 heavy (non-hydrogen) atoms. The van der Waals surface area contributed by atoms with Gasteiger partial charge in [-0.25, -0.2) is 0 Å². The maximum Gasteiger partial charge on any atom is 0.102 e. The Bertz CT molecular complexity index is 154. The lowest BCUT2D eigenvalue weighted by atomic mass is 10.5. The third-order valence-electron chi connectivity index (χ3n) is 1.37. The number of likely N-dealkylation sites (N-methyl/N-ethyl adjacent to an activating group) is 1. The Balaban J connectivity index is 0. The van der Waals surface area contributed by atoms with Crippen molar-refractivity contribution in [3.63, 3.8) is 0 Å². The van der Waals surface area contributed by atoms with Gasteiger partial charge in [-0.3, -0.25) is 0 Å². The molecule has 0 aliphatic carbocycles. The number of carbonyl (C=O) groups excluding carboxylic acids is 1. The van der Waals surface area contributed by atoms with Crippen LogP contribution in [0.25, 0.3) is 0 Å². The number of hydrogen-bond acceptors (Lipinski definition) is 4. The van der Waals surface area contributed by atoms with Gasteiger partial charge in [-0.1, -0.05) is 0 Å². The standard InChI is InChI=1S/C7H18NO.C3H6O3/c1-5-9-7-6-8(2,3)4;1-6-2-3(4)5/h5-7H2,1-4H3;2H2,1H3,(H,4,5)/q+1;/p-1. The zero-order chi connectivity index (χ0) is 12.3. The molecule has 0 fully saturated rings. The highest BCUT2D eigenvalue weighted by atomic mass is 16.5. The van der Waals surface area contributed by atoms with Gasteiger partial charge in [0.15, 0.2) is 0 Å². The molecular formula is C10H23NO4. The number of methoxy groups -OCH3 is 1. The number of carbonyl (C=O) groups is 1. The third-order valence-corrected chi connectivity index (χ3v) is 1.37. The van der Waals surface area contributed by atoms with Gasteiger partial charge in [0.05, 0.1) is 40.3 Å². The number of ether oxygens (including phenoxy) is 2. The largest absolute Gasteiger partial charge is 0.548 e. The second-order valence-electron chi connectivity index (χ2n) is 4.02. The molecule has 5 nitrogen and oxygen atoms in total. The summed E-state index contributed by atoms with van der Waals surface area (Å²) in [6.07, 6.45) is 0. The van der Waals surface area contributed by atoms with Gasteiger partial charge in [-0.15, -0.1) is 0 Å². The van der Waals surface area contributed by atoms with Crippen molar-refractivity contribution >= 4 is 5.97 Å². The number of carboxylic acids is 1. The smallest absolute Gasteiger partial charge is 0.102 e. The van der Waals surface area contributed by atoms with Gasteiger partial charge in [0, 0.05) is 13.7 Å². The SMILES string of the molecule is CCOCC[N+](C)(C)C.COCC(=O)[O-]. The first-order valence-corrected chi connectivity index (χ1v) is 4.90. The lowest BCUT2D eigenvalue weighted by Crippen LogP contribution is -2.37. The Kier molecular flexibility index (Phi) is 11.1. The number of carboxylic acid groups (broad SMARTS) is 1. The molecule has 0 unspecified atom stereocenters. The zero-order valence-electron chi connectivity index (χ0n) is 10.4. The summed E-state index contributed by atoms with van der Waals surface area (Å²) in [5, 5.41) is 9.36. The Morgan fingerprint density at radius 1 is 1.33 bits per heavy atom. The summed E-state index contributed by atoms with van der Waals surface area (Å²) < 4.78 is 10.3. The first kappa shape index (κ1) is 16.8. The van der Waals surface area contributed by atoms with E-state index in [4.69, 9.17) is 4.74 Å². The maximum atomic E-state index is 9.36. The highest BCUT2D eigenvalue weighted by Gasteiger charge is 2.04. The highest BCUT2D eigenvalue weighted by Crippen LogP contribution is 1.88. The lowest BCUT2D eigenvalue weighted by molar-refractivity contribution is -0.870. The van der Waals surface area contributed by atoms with E-state index >= 15 is 0 Å². The van der Waals surface area contributed by atoms with Crippen LogP contribution in [0.5, 0.6) is 0 Å². The van der Waals surface area contributed by atoms with E-state index in [0.29, 0.717) is 0 Å². The summed E-state index contributed by atoms with van der Waals surface area (Å²) in [5.74, 6) is -1.18. The van der Waals surface area contributed by atoms with E-state index in [1.54, 1.807) is 0 Å². The molecule has 0 aliphatic rings. The predicted octanol–water partition coefficient (Wildman–Crippen LogP) is -0.888. The minimum atomic E-state index is -1.18. The predicted molar refractivity (Wildman–Crippen MR) is 56.3 cm³/mol.